The van der Waals surface area contributed by atoms with Gasteiger partial charge in [0.25, 0.3) is 0 Å². The van der Waals surface area contributed by atoms with Gasteiger partial charge >= 0.3 is 0 Å². The van der Waals surface area contributed by atoms with Gasteiger partial charge in [-0.05, 0) is 50.4 Å². The Bertz CT molecular complexity index is 567. The van der Waals surface area contributed by atoms with E-state index in [4.69, 9.17) is 10.3 Å². The molecule has 8 heteroatoms. The second-order valence-electron chi connectivity index (χ2n) is 6.03. The maximum absolute atomic E-state index is 10.6. The highest BCUT2D eigenvalue weighted by molar-refractivity contribution is 7.89. The Labute approximate surface area is 133 Å². The molecular weight excluding hydrogens is 324 g/mol. The van der Waals surface area contributed by atoms with Gasteiger partial charge in [0.05, 0.1) is 11.5 Å². The fourth-order valence-electron chi connectivity index (χ4n) is 2.49. The van der Waals surface area contributed by atoms with Crippen molar-refractivity contribution >= 4 is 20.0 Å². The van der Waals surface area contributed by atoms with Gasteiger partial charge in [-0.1, -0.05) is 24.3 Å². The van der Waals surface area contributed by atoms with Crippen molar-refractivity contribution in [2.45, 2.75) is 26.7 Å². The van der Waals surface area contributed by atoms with E-state index in [1.807, 2.05) is 38.2 Å². The topological polar surface area (TPSA) is 120 Å². The molecule has 2 saturated carbocycles. The van der Waals surface area contributed by atoms with Crippen LogP contribution in [0.3, 0.4) is 0 Å². The van der Waals surface area contributed by atoms with Crippen LogP contribution in [0.2, 0.25) is 0 Å². The molecule has 0 heterocycles. The smallest absolute Gasteiger partial charge is 0.209 e. The molecule has 0 aromatic heterocycles. The second kappa shape index (κ2) is 7.72. The molecule has 0 unspecified atom stereocenters. The highest BCUT2D eigenvalue weighted by Gasteiger charge is 2.37. The normalized spacial score (nSPS) is 31.1. The number of sulfonamides is 2. The average Bonchev–Trinajstić information content (AvgIpc) is 3.19. The SMILES string of the molecule is C/C=C/[C@@H]1C[C@@H]1CS(N)(=O)=O.C/C=C/[C@H]1C[C@H]1CS(N)(=O)=O. The molecule has 2 aliphatic rings. The van der Waals surface area contributed by atoms with Crippen molar-refractivity contribution in [2.24, 2.45) is 33.9 Å². The summed E-state index contributed by atoms with van der Waals surface area (Å²) < 4.78 is 42.3. The minimum atomic E-state index is -3.25. The number of nitrogens with two attached hydrogens (primary N) is 2. The predicted octanol–water partition coefficient (Wildman–Crippen LogP) is 0.974. The van der Waals surface area contributed by atoms with E-state index in [1.165, 1.54) is 0 Å². The van der Waals surface area contributed by atoms with Crippen molar-refractivity contribution in [3.8, 4) is 0 Å². The molecular formula is C14H26N2O4S2. The van der Waals surface area contributed by atoms with Gasteiger partial charge in [0.15, 0.2) is 0 Å². The van der Waals surface area contributed by atoms with Crippen LogP contribution in [-0.4, -0.2) is 28.3 Å². The van der Waals surface area contributed by atoms with E-state index >= 15 is 0 Å². The summed E-state index contributed by atoms with van der Waals surface area (Å²) in [7, 11) is -6.49. The van der Waals surface area contributed by atoms with Gasteiger partial charge < -0.3 is 0 Å². The maximum atomic E-state index is 10.6. The van der Waals surface area contributed by atoms with Crippen LogP contribution in [-0.2, 0) is 20.0 Å². The summed E-state index contributed by atoms with van der Waals surface area (Å²) in [5.41, 5.74) is 0. The lowest BCUT2D eigenvalue weighted by molar-refractivity contribution is 0.591. The van der Waals surface area contributed by atoms with Gasteiger partial charge in [0.2, 0.25) is 20.0 Å². The molecule has 0 bridgehead atoms. The summed E-state index contributed by atoms with van der Waals surface area (Å²) in [6.45, 7) is 3.87. The van der Waals surface area contributed by atoms with E-state index in [1.54, 1.807) is 0 Å². The second-order valence-corrected chi connectivity index (χ2v) is 9.35. The highest BCUT2D eigenvalue weighted by Crippen LogP contribution is 2.40. The lowest BCUT2D eigenvalue weighted by Crippen LogP contribution is -2.18. The third-order valence-corrected chi connectivity index (χ3v) is 5.51. The molecule has 0 aromatic carbocycles. The highest BCUT2D eigenvalue weighted by atomic mass is 32.2. The molecule has 0 aromatic rings. The standard InChI is InChI=1S/2C7H13NO2S/c2*1-2-3-6-4-7(6)5-11(8,9)10/h2*2-3,6-7H,4-5H2,1H3,(H2,8,9,10)/b2*3-2+/t2*6-,7-/m10/s1. The first-order valence-electron chi connectivity index (χ1n) is 7.32. The fraction of sp³-hybridized carbons (Fsp3) is 0.714. The fourth-order valence-corrected chi connectivity index (χ4v) is 4.45. The van der Waals surface area contributed by atoms with E-state index in [0.29, 0.717) is 11.8 Å². The van der Waals surface area contributed by atoms with Gasteiger partial charge in [-0.15, -0.1) is 0 Å². The summed E-state index contributed by atoms with van der Waals surface area (Å²) >= 11 is 0. The largest absolute Gasteiger partial charge is 0.229 e. The molecule has 6 nitrogen and oxygen atoms in total. The first-order valence-corrected chi connectivity index (χ1v) is 10.8. The van der Waals surface area contributed by atoms with E-state index in [9.17, 15) is 16.8 Å². The Morgan fingerprint density at radius 2 is 1.14 bits per heavy atom. The lowest BCUT2D eigenvalue weighted by Gasteiger charge is -1.92. The van der Waals surface area contributed by atoms with Crippen molar-refractivity contribution in [3.63, 3.8) is 0 Å². The molecule has 4 atom stereocenters. The van der Waals surface area contributed by atoms with Crippen molar-refractivity contribution in [1.82, 2.24) is 0 Å². The quantitative estimate of drug-likeness (QED) is 0.693. The Balaban J connectivity index is 0.000000220. The van der Waals surface area contributed by atoms with E-state index in [-0.39, 0.29) is 23.3 Å². The van der Waals surface area contributed by atoms with Crippen molar-refractivity contribution in [1.29, 1.82) is 0 Å². The summed E-state index contributed by atoms with van der Waals surface area (Å²) in [6.07, 6.45) is 9.93. The molecule has 2 rings (SSSR count). The third-order valence-electron chi connectivity index (χ3n) is 3.73. The van der Waals surface area contributed by atoms with Crippen LogP contribution in [0.25, 0.3) is 0 Å². The predicted molar refractivity (Wildman–Crippen MR) is 88.8 cm³/mol. The zero-order chi connectivity index (χ0) is 17.0. The Hall–Kier alpha value is -0.700. The third kappa shape index (κ3) is 8.67. The minimum Gasteiger partial charge on any atom is -0.229 e. The maximum Gasteiger partial charge on any atom is 0.209 e. The molecule has 0 amide bonds. The zero-order valence-corrected chi connectivity index (χ0v) is 14.7. The molecule has 2 fully saturated rings. The van der Waals surface area contributed by atoms with Crippen LogP contribution < -0.4 is 10.3 Å². The van der Waals surface area contributed by atoms with Crippen molar-refractivity contribution < 1.29 is 16.8 Å². The number of hydrogen-bond donors (Lipinski definition) is 2. The Morgan fingerprint density at radius 1 is 0.818 bits per heavy atom. The van der Waals surface area contributed by atoms with Crippen molar-refractivity contribution in [3.05, 3.63) is 24.3 Å². The Kier molecular flexibility index (Phi) is 6.79. The average molecular weight is 351 g/mol. The van der Waals surface area contributed by atoms with Gasteiger partial charge in [-0.3, -0.25) is 0 Å². The van der Waals surface area contributed by atoms with Gasteiger partial charge in [0, 0.05) is 0 Å². The molecule has 128 valence electrons. The summed E-state index contributed by atoms with van der Waals surface area (Å²) in [5, 5.41) is 9.77. The summed E-state index contributed by atoms with van der Waals surface area (Å²) in [4.78, 5) is 0. The number of primary sulfonamides is 2. The van der Waals surface area contributed by atoms with Crippen LogP contribution in [0, 0.1) is 23.7 Å². The van der Waals surface area contributed by atoms with Crippen LogP contribution in [0.1, 0.15) is 26.7 Å². The van der Waals surface area contributed by atoms with Crippen LogP contribution in [0.15, 0.2) is 24.3 Å². The van der Waals surface area contributed by atoms with Crippen LogP contribution in [0.5, 0.6) is 0 Å². The van der Waals surface area contributed by atoms with Gasteiger partial charge in [-0.25, -0.2) is 27.1 Å². The molecule has 0 radical (unpaired) electrons. The monoisotopic (exact) mass is 350 g/mol. The molecule has 0 aliphatic heterocycles. The first kappa shape index (κ1) is 19.3. The minimum absolute atomic E-state index is 0.141. The molecule has 2 aliphatic carbocycles. The summed E-state index contributed by atoms with van der Waals surface area (Å²) in [5.74, 6) is 1.75. The number of allylic oxidation sites excluding steroid dienone is 4. The van der Waals surface area contributed by atoms with Crippen LogP contribution in [0.4, 0.5) is 0 Å². The summed E-state index contributed by atoms with van der Waals surface area (Å²) in [6, 6.07) is 0. The number of hydrogen-bond acceptors (Lipinski definition) is 4. The van der Waals surface area contributed by atoms with Gasteiger partial charge in [0.1, 0.15) is 0 Å². The first-order chi connectivity index (χ1) is 10.1. The van der Waals surface area contributed by atoms with Crippen molar-refractivity contribution in [2.75, 3.05) is 11.5 Å². The van der Waals surface area contributed by atoms with E-state index in [2.05, 4.69) is 0 Å². The Morgan fingerprint density at radius 3 is 1.36 bits per heavy atom. The van der Waals surface area contributed by atoms with E-state index < -0.39 is 20.0 Å². The molecule has 0 spiro atoms. The number of rotatable bonds is 6. The van der Waals surface area contributed by atoms with Gasteiger partial charge in [-0.2, -0.15) is 0 Å². The molecule has 4 N–H and O–H groups in total. The molecule has 0 saturated heterocycles. The molecule has 22 heavy (non-hydrogen) atoms. The van der Waals surface area contributed by atoms with E-state index in [0.717, 1.165) is 12.8 Å². The zero-order valence-electron chi connectivity index (χ0n) is 13.1. The van der Waals surface area contributed by atoms with Crippen LogP contribution >= 0.6 is 0 Å². The lowest BCUT2D eigenvalue weighted by atomic mass is 10.3.